The quantitative estimate of drug-likeness (QED) is 0.610. The molecule has 52 valence electrons. The van der Waals surface area contributed by atoms with Crippen molar-refractivity contribution in [3.05, 3.63) is 0 Å². The van der Waals surface area contributed by atoms with E-state index in [4.69, 9.17) is 0 Å². The molecule has 0 saturated heterocycles. The van der Waals surface area contributed by atoms with E-state index in [1.54, 1.807) is 0 Å². The van der Waals surface area contributed by atoms with Crippen molar-refractivity contribution in [2.45, 2.75) is 26.2 Å². The van der Waals surface area contributed by atoms with Crippen molar-refractivity contribution < 1.29 is 32.3 Å². The second kappa shape index (κ2) is 7.21. The zero-order valence-electron chi connectivity index (χ0n) is 4.74. The Balaban J connectivity index is 0. The third-order valence-electron chi connectivity index (χ3n) is 0.734. The number of carboxylic acids is 1. The topological polar surface area (TPSA) is 40.1 Å². The van der Waals surface area contributed by atoms with Gasteiger partial charge in [-0.05, 0) is 12.8 Å². The van der Waals surface area contributed by atoms with Crippen LogP contribution in [0.2, 0.25) is 0 Å². The van der Waals surface area contributed by atoms with Crippen LogP contribution in [0.3, 0.4) is 0 Å². The molecular weight excluding hydrogens is 200 g/mol. The van der Waals surface area contributed by atoms with Crippen LogP contribution in [0.15, 0.2) is 0 Å². The zero-order chi connectivity index (χ0) is 5.70. The van der Waals surface area contributed by atoms with Crippen molar-refractivity contribution in [1.29, 1.82) is 0 Å². The van der Waals surface area contributed by atoms with Crippen LogP contribution in [0, 0.1) is 0 Å². The summed E-state index contributed by atoms with van der Waals surface area (Å²) in [6, 6.07) is 0. The summed E-state index contributed by atoms with van der Waals surface area (Å²) in [4.78, 5) is 9.65. The Labute approximate surface area is 64.8 Å². The maximum absolute atomic E-state index is 9.65. The molecule has 0 saturated carbocycles. The number of carbonyl (C=O) groups excluding carboxylic acids is 1. The molecule has 0 unspecified atom stereocenters. The molecule has 0 atom stereocenters. The van der Waals surface area contributed by atoms with Gasteiger partial charge >= 0.3 is 22.4 Å². The molecule has 0 spiro atoms. The largest absolute Gasteiger partial charge is 1.00 e. The van der Waals surface area contributed by atoms with Crippen molar-refractivity contribution in [3.8, 4) is 0 Å². The van der Waals surface area contributed by atoms with E-state index in [2.05, 4.69) is 0 Å². The molecule has 0 aliphatic heterocycles. The van der Waals surface area contributed by atoms with E-state index in [1.165, 1.54) is 0 Å². The average Bonchev–Trinajstić information content (AvgIpc) is 1.61. The van der Waals surface area contributed by atoms with Crippen LogP contribution in [0.5, 0.6) is 0 Å². The van der Waals surface area contributed by atoms with E-state index in [1.807, 2.05) is 6.92 Å². The van der Waals surface area contributed by atoms with Crippen LogP contribution in [0.1, 0.15) is 26.2 Å². The Bertz CT molecular complexity index is 63.4. The molecule has 3 heteroatoms. The Morgan fingerprint density at radius 1 is 1.62 bits per heavy atom. The Hall–Kier alpha value is 0.210. The van der Waals surface area contributed by atoms with Crippen molar-refractivity contribution in [2.24, 2.45) is 0 Å². The van der Waals surface area contributed by atoms with E-state index in [9.17, 15) is 9.90 Å². The number of rotatable bonds is 3. The van der Waals surface area contributed by atoms with Crippen molar-refractivity contribution in [2.75, 3.05) is 0 Å². The number of aliphatic carboxylic acids is 1. The van der Waals surface area contributed by atoms with Crippen LogP contribution < -0.4 is 5.11 Å². The zero-order valence-corrected chi connectivity index (χ0v) is 6.22. The van der Waals surface area contributed by atoms with Gasteiger partial charge in [0.25, 0.3) is 0 Å². The fourth-order valence-corrected chi connectivity index (χ4v) is 0.321. The summed E-state index contributed by atoms with van der Waals surface area (Å²) in [5.41, 5.74) is 0. The summed E-state index contributed by atoms with van der Waals surface area (Å²) in [6.45, 7) is 1.95. The SMILES string of the molecule is CCCCC(=O)[O-].[Ag+]. The van der Waals surface area contributed by atoms with Gasteiger partial charge in [0, 0.05) is 5.97 Å². The summed E-state index contributed by atoms with van der Waals surface area (Å²) in [5.74, 6) is -0.943. The molecule has 0 amide bonds. The minimum Gasteiger partial charge on any atom is -0.550 e. The number of hydrogen-bond donors (Lipinski definition) is 0. The monoisotopic (exact) mass is 208 g/mol. The first-order chi connectivity index (χ1) is 3.27. The molecule has 0 aromatic carbocycles. The molecule has 2 nitrogen and oxygen atoms in total. The van der Waals surface area contributed by atoms with E-state index in [0.29, 0.717) is 0 Å². The third kappa shape index (κ3) is 9.51. The molecule has 8 heavy (non-hydrogen) atoms. The number of unbranched alkanes of at least 4 members (excludes halogenated alkanes) is 1. The summed E-state index contributed by atoms with van der Waals surface area (Å²) in [5, 5.41) is 9.65. The van der Waals surface area contributed by atoms with Gasteiger partial charge in [-0.25, -0.2) is 0 Å². The van der Waals surface area contributed by atoms with E-state index < -0.39 is 5.97 Å². The Morgan fingerprint density at radius 3 is 2.25 bits per heavy atom. The Morgan fingerprint density at radius 2 is 2.12 bits per heavy atom. The smallest absolute Gasteiger partial charge is 0.550 e. The molecule has 0 aliphatic rings. The number of carboxylic acid groups (broad SMARTS) is 1. The van der Waals surface area contributed by atoms with Gasteiger partial charge in [-0.3, -0.25) is 0 Å². The summed E-state index contributed by atoms with van der Waals surface area (Å²) < 4.78 is 0. The van der Waals surface area contributed by atoms with Crippen molar-refractivity contribution in [1.82, 2.24) is 0 Å². The van der Waals surface area contributed by atoms with Crippen molar-refractivity contribution >= 4 is 5.97 Å². The normalized spacial score (nSPS) is 7.62. The first-order valence-corrected chi connectivity index (χ1v) is 2.47. The van der Waals surface area contributed by atoms with Gasteiger partial charge in [0.15, 0.2) is 0 Å². The van der Waals surface area contributed by atoms with Gasteiger partial charge in [-0.15, -0.1) is 0 Å². The average molecular weight is 209 g/mol. The molecule has 0 bridgehead atoms. The Kier molecular flexibility index (Phi) is 9.97. The van der Waals surface area contributed by atoms with Crippen molar-refractivity contribution in [3.63, 3.8) is 0 Å². The first-order valence-electron chi connectivity index (χ1n) is 2.47. The maximum atomic E-state index is 9.65. The molecule has 0 N–H and O–H groups in total. The van der Waals surface area contributed by atoms with Crippen LogP contribution in [0.4, 0.5) is 0 Å². The minimum absolute atomic E-state index is 0. The molecule has 0 fully saturated rings. The molecule has 0 aliphatic carbocycles. The van der Waals surface area contributed by atoms with Gasteiger partial charge in [0.1, 0.15) is 0 Å². The van der Waals surface area contributed by atoms with Gasteiger partial charge in [0.2, 0.25) is 0 Å². The van der Waals surface area contributed by atoms with Crippen LogP contribution >= 0.6 is 0 Å². The first kappa shape index (κ1) is 11.1. The fourth-order valence-electron chi connectivity index (χ4n) is 0.321. The molecule has 0 aromatic heterocycles. The third-order valence-corrected chi connectivity index (χ3v) is 0.734. The minimum atomic E-state index is -0.943. The number of carbonyl (C=O) groups is 1. The van der Waals surface area contributed by atoms with Gasteiger partial charge in [0.05, 0.1) is 0 Å². The summed E-state index contributed by atoms with van der Waals surface area (Å²) >= 11 is 0. The maximum Gasteiger partial charge on any atom is 1.00 e. The predicted molar refractivity (Wildman–Crippen MR) is 24.5 cm³/mol. The van der Waals surface area contributed by atoms with E-state index >= 15 is 0 Å². The van der Waals surface area contributed by atoms with E-state index in [-0.39, 0.29) is 28.8 Å². The standard InChI is InChI=1S/C5H10O2.Ag/c1-2-3-4-5(6)7;/h2-4H2,1H3,(H,6,7);/q;+1/p-1. The number of hydrogen-bond acceptors (Lipinski definition) is 2. The second-order valence-corrected chi connectivity index (χ2v) is 1.48. The van der Waals surface area contributed by atoms with Gasteiger partial charge < -0.3 is 9.90 Å². The molecule has 0 heterocycles. The van der Waals surface area contributed by atoms with Crippen LogP contribution in [-0.2, 0) is 27.2 Å². The van der Waals surface area contributed by atoms with Gasteiger partial charge in [-0.2, -0.15) is 0 Å². The second-order valence-electron chi connectivity index (χ2n) is 1.48. The molecule has 0 radical (unpaired) electrons. The predicted octanol–water partition coefficient (Wildman–Crippen LogP) is -0.0760. The van der Waals surface area contributed by atoms with Gasteiger partial charge in [-0.1, -0.05) is 13.3 Å². The molecule has 0 rings (SSSR count). The fraction of sp³-hybridized carbons (Fsp3) is 0.800. The van der Waals surface area contributed by atoms with E-state index in [0.717, 1.165) is 12.8 Å². The molecule has 0 aromatic rings. The van der Waals surface area contributed by atoms with Crippen LogP contribution in [0.25, 0.3) is 0 Å². The van der Waals surface area contributed by atoms with Crippen LogP contribution in [-0.4, -0.2) is 5.97 Å². The summed E-state index contributed by atoms with van der Waals surface area (Å²) in [6.07, 6.45) is 1.87. The molecular formula is C5H9AgO2. The summed E-state index contributed by atoms with van der Waals surface area (Å²) in [7, 11) is 0.